The van der Waals surface area contributed by atoms with Crippen LogP contribution in [0.3, 0.4) is 0 Å². The summed E-state index contributed by atoms with van der Waals surface area (Å²) in [5.74, 6) is -0.809. The second-order valence-corrected chi connectivity index (χ2v) is 5.48. The fraction of sp³-hybridized carbons (Fsp3) is 0.500. The molecule has 0 amide bonds. The first kappa shape index (κ1) is 14.0. The molecule has 2 rings (SSSR count). The van der Waals surface area contributed by atoms with E-state index in [1.807, 2.05) is 19.9 Å². The Hall–Kier alpha value is -1.37. The molecule has 1 N–H and O–H groups in total. The predicted molar refractivity (Wildman–Crippen MR) is 70.6 cm³/mol. The molecule has 0 unspecified atom stereocenters. The van der Waals surface area contributed by atoms with Gasteiger partial charge in [-0.25, -0.2) is 9.97 Å². The third-order valence-corrected chi connectivity index (χ3v) is 3.54. The predicted octanol–water partition coefficient (Wildman–Crippen LogP) is 4.23. The van der Waals surface area contributed by atoms with Crippen molar-refractivity contribution in [2.24, 2.45) is 0 Å². The van der Waals surface area contributed by atoms with Crippen molar-refractivity contribution < 1.29 is 13.2 Å². The van der Waals surface area contributed by atoms with Crippen molar-refractivity contribution in [1.82, 2.24) is 9.97 Å². The molecule has 19 heavy (non-hydrogen) atoms. The Balaban J connectivity index is 2.45. The molecular weight excluding hydrogens is 275 g/mol. The number of thiophene rings is 1. The lowest BCUT2D eigenvalue weighted by Gasteiger charge is -2.09. The Morgan fingerprint density at radius 3 is 2.68 bits per heavy atom. The average Bonchev–Trinajstić information content (AvgIpc) is 2.68. The number of nitrogens with zero attached hydrogens (tertiary/aromatic N) is 2. The van der Waals surface area contributed by atoms with E-state index < -0.39 is 12.0 Å². The van der Waals surface area contributed by atoms with E-state index in [0.717, 1.165) is 17.7 Å². The zero-order valence-electron chi connectivity index (χ0n) is 10.6. The van der Waals surface area contributed by atoms with Crippen LogP contribution in [0.2, 0.25) is 0 Å². The van der Waals surface area contributed by atoms with Gasteiger partial charge in [-0.3, -0.25) is 0 Å². The normalized spacial score (nSPS) is 12.1. The maximum atomic E-state index is 12.7. The first-order valence-corrected chi connectivity index (χ1v) is 6.82. The maximum absolute atomic E-state index is 12.7. The van der Waals surface area contributed by atoms with Gasteiger partial charge in [0.05, 0.1) is 5.39 Å². The molecule has 0 aliphatic heterocycles. The molecule has 7 heteroatoms. The average molecular weight is 289 g/mol. The van der Waals surface area contributed by atoms with Crippen molar-refractivity contribution in [1.29, 1.82) is 0 Å². The lowest BCUT2D eigenvalue weighted by atomic mass is 10.3. The van der Waals surface area contributed by atoms with Crippen LogP contribution in [0, 0.1) is 6.92 Å². The molecule has 0 saturated heterocycles. The van der Waals surface area contributed by atoms with Crippen molar-refractivity contribution in [3.63, 3.8) is 0 Å². The van der Waals surface area contributed by atoms with Crippen LogP contribution in [0.15, 0.2) is 6.07 Å². The van der Waals surface area contributed by atoms with E-state index >= 15 is 0 Å². The number of rotatable bonds is 4. The number of nitrogens with one attached hydrogen (secondary N) is 1. The molecule has 0 fully saturated rings. The van der Waals surface area contributed by atoms with Crippen LogP contribution < -0.4 is 5.32 Å². The van der Waals surface area contributed by atoms with Crippen LogP contribution in [0.25, 0.3) is 10.2 Å². The monoisotopic (exact) mass is 289 g/mol. The molecule has 2 aromatic rings. The number of anilines is 1. The lowest BCUT2D eigenvalue weighted by molar-refractivity contribution is -0.144. The summed E-state index contributed by atoms with van der Waals surface area (Å²) in [7, 11) is 0. The number of alkyl halides is 3. The van der Waals surface area contributed by atoms with E-state index in [1.165, 1.54) is 11.3 Å². The first-order valence-electron chi connectivity index (χ1n) is 6.01. The van der Waals surface area contributed by atoms with Crippen molar-refractivity contribution in [3.05, 3.63) is 16.8 Å². The van der Waals surface area contributed by atoms with Gasteiger partial charge in [0.1, 0.15) is 10.6 Å². The topological polar surface area (TPSA) is 37.8 Å². The summed E-state index contributed by atoms with van der Waals surface area (Å²) < 4.78 is 38.2. The van der Waals surface area contributed by atoms with Crippen LogP contribution >= 0.6 is 11.3 Å². The molecule has 0 saturated carbocycles. The minimum atomic E-state index is -4.52. The quantitative estimate of drug-likeness (QED) is 0.856. The van der Waals surface area contributed by atoms with Gasteiger partial charge in [-0.2, -0.15) is 13.2 Å². The minimum Gasteiger partial charge on any atom is -0.369 e. The highest BCUT2D eigenvalue weighted by molar-refractivity contribution is 7.18. The second-order valence-electron chi connectivity index (χ2n) is 4.25. The van der Waals surface area contributed by atoms with Gasteiger partial charge in [0.2, 0.25) is 5.82 Å². The Bertz CT molecular complexity index is 577. The van der Waals surface area contributed by atoms with Gasteiger partial charge >= 0.3 is 6.18 Å². The summed E-state index contributed by atoms with van der Waals surface area (Å²) in [5.41, 5.74) is 0. The Morgan fingerprint density at radius 2 is 2.05 bits per heavy atom. The van der Waals surface area contributed by atoms with Gasteiger partial charge in [-0.15, -0.1) is 11.3 Å². The molecular formula is C12H14F3N3S. The molecule has 0 bridgehead atoms. The molecule has 2 heterocycles. The molecule has 3 nitrogen and oxygen atoms in total. The first-order chi connectivity index (χ1) is 8.91. The number of hydrogen-bond acceptors (Lipinski definition) is 4. The van der Waals surface area contributed by atoms with Crippen molar-refractivity contribution in [2.75, 3.05) is 11.9 Å². The highest BCUT2D eigenvalue weighted by Crippen LogP contribution is 2.33. The zero-order chi connectivity index (χ0) is 14.0. The van der Waals surface area contributed by atoms with Crippen molar-refractivity contribution in [3.8, 4) is 0 Å². The summed E-state index contributed by atoms with van der Waals surface area (Å²) in [6.07, 6.45) is -2.67. The van der Waals surface area contributed by atoms with Crippen LogP contribution in [-0.2, 0) is 6.18 Å². The van der Waals surface area contributed by atoms with Crippen molar-refractivity contribution in [2.45, 2.75) is 32.9 Å². The van der Waals surface area contributed by atoms with Gasteiger partial charge in [0.25, 0.3) is 0 Å². The van der Waals surface area contributed by atoms with Crippen LogP contribution in [0.1, 0.15) is 30.5 Å². The van der Waals surface area contributed by atoms with Gasteiger partial charge < -0.3 is 5.32 Å². The standard InChI is InChI=1S/C12H14F3N3S/c1-3-4-5-16-9-8-6-7(2)19-10(8)18-11(17-9)12(13,14)15/h6H,3-5H2,1-2H3,(H,16,17,18). The number of hydrogen-bond donors (Lipinski definition) is 1. The minimum absolute atomic E-state index is 0.273. The summed E-state index contributed by atoms with van der Waals surface area (Å²) in [6, 6.07) is 1.81. The fourth-order valence-electron chi connectivity index (χ4n) is 1.69. The summed E-state index contributed by atoms with van der Waals surface area (Å²) >= 11 is 1.24. The van der Waals surface area contributed by atoms with E-state index in [2.05, 4.69) is 15.3 Å². The van der Waals surface area contributed by atoms with E-state index in [9.17, 15) is 13.2 Å². The maximum Gasteiger partial charge on any atom is 0.451 e. The van der Waals surface area contributed by atoms with Gasteiger partial charge in [0, 0.05) is 11.4 Å². The molecule has 0 radical (unpaired) electrons. The lowest BCUT2D eigenvalue weighted by Crippen LogP contribution is -2.13. The van der Waals surface area contributed by atoms with E-state index in [-0.39, 0.29) is 5.82 Å². The van der Waals surface area contributed by atoms with E-state index in [1.54, 1.807) is 0 Å². The molecule has 2 aromatic heterocycles. The Kier molecular flexibility index (Phi) is 3.93. The van der Waals surface area contributed by atoms with E-state index in [4.69, 9.17) is 0 Å². The number of unbranched alkanes of at least 4 members (excludes halogenated alkanes) is 1. The van der Waals surface area contributed by atoms with Crippen LogP contribution in [0.5, 0.6) is 0 Å². The summed E-state index contributed by atoms with van der Waals surface area (Å²) in [6.45, 7) is 4.47. The van der Waals surface area contributed by atoms with E-state index in [0.29, 0.717) is 16.8 Å². The van der Waals surface area contributed by atoms with Crippen LogP contribution in [-0.4, -0.2) is 16.5 Å². The third kappa shape index (κ3) is 3.15. The second kappa shape index (κ2) is 5.32. The Labute approximate surface area is 112 Å². The van der Waals surface area contributed by atoms with Gasteiger partial charge in [-0.05, 0) is 19.4 Å². The molecule has 0 aliphatic carbocycles. The smallest absolute Gasteiger partial charge is 0.369 e. The molecule has 0 aromatic carbocycles. The summed E-state index contributed by atoms with van der Waals surface area (Å²) in [4.78, 5) is 8.51. The highest BCUT2D eigenvalue weighted by atomic mass is 32.1. The number of aryl methyl sites for hydroxylation is 1. The number of fused-ring (bicyclic) bond motifs is 1. The third-order valence-electron chi connectivity index (χ3n) is 2.59. The summed E-state index contributed by atoms with van der Waals surface area (Å²) in [5, 5.41) is 3.63. The molecule has 0 aliphatic rings. The SMILES string of the molecule is CCCCNc1nc(C(F)(F)F)nc2sc(C)cc12. The highest BCUT2D eigenvalue weighted by Gasteiger charge is 2.35. The largest absolute Gasteiger partial charge is 0.451 e. The van der Waals surface area contributed by atoms with Crippen molar-refractivity contribution >= 4 is 27.4 Å². The van der Waals surface area contributed by atoms with Crippen LogP contribution in [0.4, 0.5) is 19.0 Å². The molecule has 0 atom stereocenters. The number of aromatic nitrogens is 2. The fourth-order valence-corrected chi connectivity index (χ4v) is 2.57. The molecule has 0 spiro atoms. The zero-order valence-corrected chi connectivity index (χ0v) is 11.5. The van der Waals surface area contributed by atoms with Gasteiger partial charge in [0.15, 0.2) is 0 Å². The number of halogens is 3. The van der Waals surface area contributed by atoms with Gasteiger partial charge in [-0.1, -0.05) is 13.3 Å². The Morgan fingerprint density at radius 1 is 1.32 bits per heavy atom. The molecule has 104 valence electrons.